The van der Waals surface area contributed by atoms with Crippen molar-refractivity contribution in [3.8, 4) is 11.5 Å². The number of methoxy groups -OCH3 is 1. The number of allylic oxidation sites excluding steroid dienone is 1. The number of aromatic nitrogens is 2. The van der Waals surface area contributed by atoms with E-state index < -0.39 is 4.92 Å². The van der Waals surface area contributed by atoms with Crippen LogP contribution in [-0.2, 0) is 6.54 Å². The first-order valence-electron chi connectivity index (χ1n) is 8.86. The Bertz CT molecular complexity index is 1250. The molecule has 1 aliphatic heterocycles. The van der Waals surface area contributed by atoms with Crippen molar-refractivity contribution in [2.45, 2.75) is 19.4 Å². The summed E-state index contributed by atoms with van der Waals surface area (Å²) in [6, 6.07) is 7.58. The highest BCUT2D eigenvalue weighted by molar-refractivity contribution is 9.10. The Labute approximate surface area is 173 Å². The van der Waals surface area contributed by atoms with Gasteiger partial charge in [-0.3, -0.25) is 19.5 Å². The lowest BCUT2D eigenvalue weighted by atomic mass is 10.0. The first kappa shape index (κ1) is 19.1. The van der Waals surface area contributed by atoms with Crippen molar-refractivity contribution in [1.82, 2.24) is 9.55 Å². The van der Waals surface area contributed by atoms with Gasteiger partial charge in [0.25, 0.3) is 11.2 Å². The molecule has 0 saturated carbocycles. The highest BCUT2D eigenvalue weighted by Crippen LogP contribution is 2.38. The molecule has 0 aliphatic carbocycles. The minimum atomic E-state index is -0.526. The number of phenols is 1. The van der Waals surface area contributed by atoms with Gasteiger partial charge in [-0.2, -0.15) is 0 Å². The molecule has 0 unspecified atom stereocenters. The van der Waals surface area contributed by atoms with Crippen molar-refractivity contribution in [2.75, 3.05) is 7.11 Å². The fraction of sp³-hybridized carbons (Fsp3) is 0.200. The average molecular weight is 458 g/mol. The lowest BCUT2D eigenvalue weighted by molar-refractivity contribution is -0.384. The van der Waals surface area contributed by atoms with Gasteiger partial charge in [0.05, 0.1) is 27.4 Å². The molecule has 0 fully saturated rings. The molecule has 8 nitrogen and oxygen atoms in total. The maximum atomic E-state index is 13.0. The third kappa shape index (κ3) is 3.27. The summed E-state index contributed by atoms with van der Waals surface area (Å²) in [5.74, 6) is 0.878. The highest BCUT2D eigenvalue weighted by Gasteiger charge is 2.21. The topological polar surface area (TPSA) is 107 Å². The van der Waals surface area contributed by atoms with Crippen LogP contribution < -0.4 is 10.3 Å². The van der Waals surface area contributed by atoms with Crippen LogP contribution in [0.1, 0.15) is 24.2 Å². The molecule has 2 aromatic carbocycles. The zero-order valence-electron chi connectivity index (χ0n) is 15.4. The summed E-state index contributed by atoms with van der Waals surface area (Å²) in [5, 5.41) is 21.5. The maximum absolute atomic E-state index is 13.0. The summed E-state index contributed by atoms with van der Waals surface area (Å²) >= 11 is 3.39. The summed E-state index contributed by atoms with van der Waals surface area (Å²) in [6.07, 6.45) is 3.32. The van der Waals surface area contributed by atoms with E-state index in [0.29, 0.717) is 34.5 Å². The van der Waals surface area contributed by atoms with E-state index in [1.54, 1.807) is 16.7 Å². The van der Waals surface area contributed by atoms with Crippen LogP contribution in [0.3, 0.4) is 0 Å². The van der Waals surface area contributed by atoms with Gasteiger partial charge in [0.1, 0.15) is 5.82 Å². The number of aromatic hydroxyl groups is 1. The number of fused-ring (bicyclic) bond motifs is 2. The summed E-state index contributed by atoms with van der Waals surface area (Å²) in [5.41, 5.74) is 1.55. The molecule has 0 saturated heterocycles. The molecule has 0 spiro atoms. The van der Waals surface area contributed by atoms with Crippen LogP contribution >= 0.6 is 15.9 Å². The van der Waals surface area contributed by atoms with Gasteiger partial charge in [0.2, 0.25) is 0 Å². The third-order valence-corrected chi connectivity index (χ3v) is 5.76. The standard InChI is InChI=1S/C20H16BrN3O5/c1-29-16-7-4-11(17(21)18(16)25)9-12-3-2-8-23-19(12)22-15-6-5-13(24(27)28)10-14(15)20(23)26/h4-7,9-10,25H,2-3,8H2,1H3/b12-9+. The fourth-order valence-corrected chi connectivity index (χ4v) is 3.92. The Morgan fingerprint density at radius 2 is 2.14 bits per heavy atom. The number of nitro benzene ring substituents is 1. The van der Waals surface area contributed by atoms with Gasteiger partial charge >= 0.3 is 0 Å². The summed E-state index contributed by atoms with van der Waals surface area (Å²) in [6.45, 7) is 0.492. The van der Waals surface area contributed by atoms with E-state index in [1.165, 1.54) is 25.3 Å². The third-order valence-electron chi connectivity index (χ3n) is 4.92. The molecule has 0 atom stereocenters. The molecule has 0 bridgehead atoms. The molecule has 148 valence electrons. The summed E-state index contributed by atoms with van der Waals surface area (Å²) in [7, 11) is 1.47. The molecule has 4 rings (SSSR count). The second-order valence-corrected chi connectivity index (χ2v) is 7.44. The van der Waals surface area contributed by atoms with E-state index in [2.05, 4.69) is 20.9 Å². The first-order valence-corrected chi connectivity index (χ1v) is 9.65. The smallest absolute Gasteiger partial charge is 0.270 e. The fourth-order valence-electron chi connectivity index (χ4n) is 3.48. The lowest BCUT2D eigenvalue weighted by Crippen LogP contribution is -2.28. The summed E-state index contributed by atoms with van der Waals surface area (Å²) < 4.78 is 7.15. The Kier molecular flexibility index (Phi) is 4.83. The number of hydrogen-bond donors (Lipinski definition) is 1. The Hall–Kier alpha value is -3.20. The monoisotopic (exact) mass is 457 g/mol. The van der Waals surface area contributed by atoms with Crippen LogP contribution in [0.4, 0.5) is 5.69 Å². The molecule has 3 aromatic rings. The molecule has 0 radical (unpaired) electrons. The average Bonchev–Trinajstić information content (AvgIpc) is 2.72. The molecule has 1 N–H and O–H groups in total. The van der Waals surface area contributed by atoms with Gasteiger partial charge in [0, 0.05) is 18.7 Å². The number of benzene rings is 2. The highest BCUT2D eigenvalue weighted by atomic mass is 79.9. The molecular formula is C20H16BrN3O5. The van der Waals surface area contributed by atoms with Crippen molar-refractivity contribution in [3.63, 3.8) is 0 Å². The number of rotatable bonds is 3. The van der Waals surface area contributed by atoms with Crippen molar-refractivity contribution in [2.24, 2.45) is 0 Å². The van der Waals surface area contributed by atoms with Crippen LogP contribution in [0.2, 0.25) is 0 Å². The molecule has 9 heteroatoms. The number of phenolic OH excluding ortho intramolecular Hbond substituents is 1. The van der Waals surface area contributed by atoms with Gasteiger partial charge in [-0.05, 0) is 64.2 Å². The van der Waals surface area contributed by atoms with Gasteiger partial charge in [-0.25, -0.2) is 4.98 Å². The largest absolute Gasteiger partial charge is 0.503 e. The van der Waals surface area contributed by atoms with Gasteiger partial charge in [-0.1, -0.05) is 0 Å². The van der Waals surface area contributed by atoms with Crippen LogP contribution in [-0.4, -0.2) is 26.7 Å². The van der Waals surface area contributed by atoms with Crippen LogP contribution in [0, 0.1) is 10.1 Å². The number of non-ortho nitro benzene ring substituents is 1. The number of nitrogens with zero attached hydrogens (tertiary/aromatic N) is 3. The van der Waals surface area contributed by atoms with Gasteiger partial charge in [-0.15, -0.1) is 0 Å². The minimum absolute atomic E-state index is 0.00571. The molecule has 1 aliphatic rings. The van der Waals surface area contributed by atoms with Crippen molar-refractivity contribution >= 4 is 44.2 Å². The van der Waals surface area contributed by atoms with Crippen molar-refractivity contribution < 1.29 is 14.8 Å². The zero-order valence-corrected chi connectivity index (χ0v) is 17.0. The Balaban J connectivity index is 1.89. The SMILES string of the molecule is COc1ccc(/C=C2\CCCn3c2nc2ccc([N+](=O)[O-])cc2c3=O)c(Br)c1O. The molecule has 29 heavy (non-hydrogen) atoms. The van der Waals surface area contributed by atoms with E-state index in [-0.39, 0.29) is 22.4 Å². The second-order valence-electron chi connectivity index (χ2n) is 6.64. The van der Waals surface area contributed by atoms with E-state index in [1.807, 2.05) is 6.08 Å². The van der Waals surface area contributed by atoms with Gasteiger partial charge < -0.3 is 9.84 Å². The normalized spacial score (nSPS) is 14.8. The van der Waals surface area contributed by atoms with E-state index in [0.717, 1.165) is 17.6 Å². The molecule has 2 heterocycles. The number of nitro groups is 1. The predicted molar refractivity (Wildman–Crippen MR) is 112 cm³/mol. The van der Waals surface area contributed by atoms with Crippen molar-refractivity contribution in [1.29, 1.82) is 0 Å². The second kappa shape index (κ2) is 7.32. The van der Waals surface area contributed by atoms with Crippen molar-refractivity contribution in [3.05, 3.63) is 66.7 Å². The maximum Gasteiger partial charge on any atom is 0.270 e. The number of halogens is 1. The number of hydrogen-bond acceptors (Lipinski definition) is 6. The van der Waals surface area contributed by atoms with E-state index >= 15 is 0 Å². The van der Waals surface area contributed by atoms with Crippen LogP contribution in [0.5, 0.6) is 11.5 Å². The lowest BCUT2D eigenvalue weighted by Gasteiger charge is -2.21. The van der Waals surface area contributed by atoms with Gasteiger partial charge in [0.15, 0.2) is 11.5 Å². The van der Waals surface area contributed by atoms with E-state index in [9.17, 15) is 20.0 Å². The molecular weight excluding hydrogens is 442 g/mol. The molecule has 1 aromatic heterocycles. The quantitative estimate of drug-likeness (QED) is 0.468. The molecule has 0 amide bonds. The Morgan fingerprint density at radius 1 is 1.34 bits per heavy atom. The number of ether oxygens (including phenoxy) is 1. The minimum Gasteiger partial charge on any atom is -0.503 e. The van der Waals surface area contributed by atoms with Crippen LogP contribution in [0.25, 0.3) is 22.6 Å². The van der Waals surface area contributed by atoms with Crippen LogP contribution in [0.15, 0.2) is 39.6 Å². The van der Waals surface area contributed by atoms with E-state index in [4.69, 9.17) is 4.74 Å². The first-order chi connectivity index (χ1) is 13.9. The Morgan fingerprint density at radius 3 is 2.86 bits per heavy atom. The predicted octanol–water partition coefficient (Wildman–Crippen LogP) is 4.12. The summed E-state index contributed by atoms with van der Waals surface area (Å²) in [4.78, 5) is 28.1. The zero-order chi connectivity index (χ0) is 20.7.